The largest absolute Gasteiger partial charge is 0.342 e. The van der Waals surface area contributed by atoms with Gasteiger partial charge < -0.3 is 9.47 Å². The molecular weight excluding hydrogens is 356 g/mol. The summed E-state index contributed by atoms with van der Waals surface area (Å²) in [4.78, 5) is 14.9. The molecule has 0 saturated heterocycles. The van der Waals surface area contributed by atoms with Gasteiger partial charge in [0, 0.05) is 46.9 Å². The minimum atomic E-state index is 0.0774. The number of likely N-dealkylation sites (N-methyl/N-ethyl adjacent to an activating group) is 1. The van der Waals surface area contributed by atoms with Gasteiger partial charge in [0.1, 0.15) is 0 Å². The monoisotopic (exact) mass is 378 g/mol. The van der Waals surface area contributed by atoms with Crippen molar-refractivity contribution in [1.29, 1.82) is 0 Å². The van der Waals surface area contributed by atoms with Crippen molar-refractivity contribution in [3.05, 3.63) is 102 Å². The van der Waals surface area contributed by atoms with Gasteiger partial charge in [-0.25, -0.2) is 0 Å². The van der Waals surface area contributed by atoms with E-state index in [-0.39, 0.29) is 5.91 Å². The maximum atomic E-state index is 13.1. The van der Waals surface area contributed by atoms with Crippen LogP contribution in [0.5, 0.6) is 0 Å². The Morgan fingerprint density at radius 3 is 2.41 bits per heavy atom. The maximum Gasteiger partial charge on any atom is 0.258 e. The lowest BCUT2D eigenvalue weighted by atomic mass is 10.0. The first-order valence-corrected chi connectivity index (χ1v) is 10.0. The molecule has 0 atom stereocenters. The van der Waals surface area contributed by atoms with Crippen molar-refractivity contribution in [2.24, 2.45) is 0 Å². The van der Waals surface area contributed by atoms with Crippen LogP contribution >= 0.6 is 0 Å². The molecule has 1 amide bonds. The molecule has 0 radical (unpaired) electrons. The highest BCUT2D eigenvalue weighted by Gasteiger charge is 2.31. The zero-order valence-electron chi connectivity index (χ0n) is 16.4. The number of carbonyl (C=O) groups excluding carboxylic acids is 1. The van der Waals surface area contributed by atoms with E-state index >= 15 is 0 Å². The fourth-order valence-corrected chi connectivity index (χ4v) is 4.22. The van der Waals surface area contributed by atoms with Gasteiger partial charge in [0.25, 0.3) is 5.91 Å². The van der Waals surface area contributed by atoms with Gasteiger partial charge in [0.05, 0.1) is 5.69 Å². The van der Waals surface area contributed by atoms with Gasteiger partial charge in [0.2, 0.25) is 0 Å². The molecule has 1 aliphatic rings. The Labute approximate surface area is 170 Å². The third-order valence-electron chi connectivity index (χ3n) is 5.59. The van der Waals surface area contributed by atoms with Crippen LogP contribution in [0.25, 0.3) is 22.6 Å². The van der Waals surface area contributed by atoms with Gasteiger partial charge in [-0.05, 0) is 30.7 Å². The number of amides is 1. The predicted octanol–water partition coefficient (Wildman–Crippen LogP) is 5.60. The first-order valence-electron chi connectivity index (χ1n) is 10.0. The minimum Gasteiger partial charge on any atom is -0.342 e. The van der Waals surface area contributed by atoms with Gasteiger partial charge in [-0.2, -0.15) is 0 Å². The lowest BCUT2D eigenvalue weighted by Gasteiger charge is -2.13. The molecule has 0 N–H and O–H groups in total. The first-order chi connectivity index (χ1) is 14.3. The molecule has 5 rings (SSSR count). The number of hydrogen-bond donors (Lipinski definition) is 0. The molecular formula is C26H22N2O. The number of aromatic nitrogens is 1. The summed E-state index contributed by atoms with van der Waals surface area (Å²) in [6, 6.07) is 26.9. The van der Waals surface area contributed by atoms with Gasteiger partial charge >= 0.3 is 0 Å². The summed E-state index contributed by atoms with van der Waals surface area (Å²) in [7, 11) is 0. The Hall–Kier alpha value is -3.59. The average Bonchev–Trinajstić information content (AvgIpc) is 3.24. The Kier molecular flexibility index (Phi) is 4.28. The average molecular weight is 378 g/mol. The predicted molar refractivity (Wildman–Crippen MR) is 120 cm³/mol. The van der Waals surface area contributed by atoms with Crippen LogP contribution < -0.4 is 4.90 Å². The van der Waals surface area contributed by atoms with Crippen molar-refractivity contribution in [2.75, 3.05) is 11.4 Å². The molecule has 0 unspecified atom stereocenters. The van der Waals surface area contributed by atoms with Crippen molar-refractivity contribution < 1.29 is 4.79 Å². The summed E-state index contributed by atoms with van der Waals surface area (Å²) < 4.78 is 2.26. The second kappa shape index (κ2) is 7.10. The van der Waals surface area contributed by atoms with Gasteiger partial charge in [-0.3, -0.25) is 4.79 Å². The number of carbonyl (C=O) groups is 1. The van der Waals surface area contributed by atoms with Crippen LogP contribution in [-0.2, 0) is 11.3 Å². The first kappa shape index (κ1) is 17.5. The smallest absolute Gasteiger partial charge is 0.258 e. The van der Waals surface area contributed by atoms with E-state index in [2.05, 4.69) is 65.4 Å². The highest BCUT2D eigenvalue weighted by molar-refractivity contribution is 6.36. The molecule has 3 nitrogen and oxygen atoms in total. The lowest BCUT2D eigenvalue weighted by Crippen LogP contribution is -2.25. The van der Waals surface area contributed by atoms with E-state index in [1.807, 2.05) is 42.2 Å². The van der Waals surface area contributed by atoms with Gasteiger partial charge in [-0.15, -0.1) is 0 Å². The fourth-order valence-electron chi connectivity index (χ4n) is 4.22. The van der Waals surface area contributed by atoms with Crippen molar-refractivity contribution in [3.8, 4) is 0 Å². The molecule has 3 heteroatoms. The summed E-state index contributed by atoms with van der Waals surface area (Å²) in [5.41, 5.74) is 6.29. The highest BCUT2D eigenvalue weighted by Crippen LogP contribution is 2.38. The van der Waals surface area contributed by atoms with Crippen LogP contribution in [-0.4, -0.2) is 17.0 Å². The van der Waals surface area contributed by atoms with Crippen LogP contribution in [0, 0.1) is 0 Å². The standard InChI is InChI=1S/C26H22N2O/c1-2-28-25-15-9-7-13-22(25)23(26(28)29)16-20-18-27(17-19-10-4-3-5-11-19)24-14-8-6-12-21(20)24/h3-16,18H,2,17H2,1H3. The van der Waals surface area contributed by atoms with Crippen LogP contribution in [0.4, 0.5) is 5.69 Å². The summed E-state index contributed by atoms with van der Waals surface area (Å²) >= 11 is 0. The minimum absolute atomic E-state index is 0.0774. The van der Waals surface area contributed by atoms with E-state index in [1.165, 1.54) is 11.1 Å². The Morgan fingerprint density at radius 2 is 1.59 bits per heavy atom. The van der Waals surface area contributed by atoms with E-state index in [0.29, 0.717) is 6.54 Å². The maximum absolute atomic E-state index is 13.1. The molecule has 0 spiro atoms. The number of rotatable bonds is 4. The lowest BCUT2D eigenvalue weighted by molar-refractivity contribution is -0.112. The normalized spacial score (nSPS) is 14.7. The molecule has 29 heavy (non-hydrogen) atoms. The van der Waals surface area contributed by atoms with E-state index in [0.717, 1.165) is 34.3 Å². The molecule has 1 aliphatic heterocycles. The highest BCUT2D eigenvalue weighted by atomic mass is 16.2. The Bertz CT molecular complexity index is 1230. The van der Waals surface area contributed by atoms with Crippen LogP contribution in [0.2, 0.25) is 0 Å². The third-order valence-corrected chi connectivity index (χ3v) is 5.59. The Balaban J connectivity index is 1.64. The third kappa shape index (κ3) is 2.95. The number of benzene rings is 3. The van der Waals surface area contributed by atoms with Crippen LogP contribution in [0.15, 0.2) is 85.1 Å². The summed E-state index contributed by atoms with van der Waals surface area (Å²) in [6.45, 7) is 3.49. The summed E-state index contributed by atoms with van der Waals surface area (Å²) in [5.74, 6) is 0.0774. The number of anilines is 1. The molecule has 2 heterocycles. The number of para-hydroxylation sites is 2. The number of nitrogens with zero attached hydrogens (tertiary/aromatic N) is 2. The quantitative estimate of drug-likeness (QED) is 0.425. The van der Waals surface area contributed by atoms with E-state index in [4.69, 9.17) is 0 Å². The van der Waals surface area contributed by atoms with Crippen molar-refractivity contribution in [3.63, 3.8) is 0 Å². The second-order valence-electron chi connectivity index (χ2n) is 7.34. The molecule has 4 aromatic rings. The number of hydrogen-bond acceptors (Lipinski definition) is 1. The second-order valence-corrected chi connectivity index (χ2v) is 7.34. The molecule has 3 aromatic carbocycles. The summed E-state index contributed by atoms with van der Waals surface area (Å²) in [6.07, 6.45) is 4.22. The van der Waals surface area contributed by atoms with E-state index in [1.54, 1.807) is 0 Å². The topological polar surface area (TPSA) is 25.2 Å². The zero-order chi connectivity index (χ0) is 19.8. The van der Waals surface area contributed by atoms with E-state index in [9.17, 15) is 4.79 Å². The zero-order valence-corrected chi connectivity index (χ0v) is 16.4. The molecule has 0 saturated carbocycles. The molecule has 0 fully saturated rings. The Morgan fingerprint density at radius 1 is 0.862 bits per heavy atom. The van der Waals surface area contributed by atoms with E-state index < -0.39 is 0 Å². The van der Waals surface area contributed by atoms with Crippen LogP contribution in [0.1, 0.15) is 23.6 Å². The molecule has 142 valence electrons. The molecule has 0 bridgehead atoms. The van der Waals surface area contributed by atoms with Gasteiger partial charge in [-0.1, -0.05) is 66.7 Å². The van der Waals surface area contributed by atoms with Gasteiger partial charge in [0.15, 0.2) is 0 Å². The molecule has 0 aliphatic carbocycles. The van der Waals surface area contributed by atoms with Crippen molar-refractivity contribution in [1.82, 2.24) is 4.57 Å². The fraction of sp³-hybridized carbons (Fsp3) is 0.115. The molecule has 1 aromatic heterocycles. The van der Waals surface area contributed by atoms with Crippen LogP contribution in [0.3, 0.4) is 0 Å². The summed E-state index contributed by atoms with van der Waals surface area (Å²) in [5, 5.41) is 1.16. The SMILES string of the molecule is CCN1C(=O)C(=Cc2cn(Cc3ccccc3)c3ccccc23)c2ccccc21. The van der Waals surface area contributed by atoms with Crippen molar-refractivity contribution >= 4 is 34.1 Å². The number of fused-ring (bicyclic) bond motifs is 2. The van der Waals surface area contributed by atoms with Crippen molar-refractivity contribution in [2.45, 2.75) is 13.5 Å².